The number of rotatable bonds is 4. The molecule has 1 N–H and O–H groups in total. The van der Waals surface area contributed by atoms with Crippen molar-refractivity contribution in [2.24, 2.45) is 4.99 Å². The van der Waals surface area contributed by atoms with E-state index in [9.17, 15) is 4.39 Å². The summed E-state index contributed by atoms with van der Waals surface area (Å²) >= 11 is 6.06. The van der Waals surface area contributed by atoms with Crippen LogP contribution in [0.4, 0.5) is 4.39 Å². The van der Waals surface area contributed by atoms with Crippen molar-refractivity contribution in [1.82, 2.24) is 10.2 Å². The Morgan fingerprint density at radius 3 is 3.00 bits per heavy atom. The molecular weight excluding hydrogens is 293 g/mol. The maximum atomic E-state index is 13.8. The van der Waals surface area contributed by atoms with Gasteiger partial charge in [-0.25, -0.2) is 4.39 Å². The van der Waals surface area contributed by atoms with Gasteiger partial charge in [-0.15, -0.1) is 0 Å². The molecule has 0 aromatic heterocycles. The maximum absolute atomic E-state index is 13.8. The van der Waals surface area contributed by atoms with Crippen molar-refractivity contribution >= 4 is 17.6 Å². The van der Waals surface area contributed by atoms with Crippen LogP contribution in [0.25, 0.3) is 0 Å². The van der Waals surface area contributed by atoms with E-state index in [4.69, 9.17) is 16.3 Å². The van der Waals surface area contributed by atoms with Crippen molar-refractivity contribution in [3.63, 3.8) is 0 Å². The molecule has 2 rings (SSSR count). The molecule has 6 heteroatoms. The summed E-state index contributed by atoms with van der Waals surface area (Å²) in [4.78, 5) is 6.06. The van der Waals surface area contributed by atoms with Crippen LogP contribution in [0.1, 0.15) is 18.4 Å². The van der Waals surface area contributed by atoms with Gasteiger partial charge in [-0.3, -0.25) is 4.99 Å². The first-order chi connectivity index (χ1) is 10.1. The third-order valence-corrected chi connectivity index (χ3v) is 3.90. The van der Waals surface area contributed by atoms with Crippen LogP contribution in [0.2, 0.25) is 5.02 Å². The predicted molar refractivity (Wildman–Crippen MR) is 83.2 cm³/mol. The van der Waals surface area contributed by atoms with E-state index in [1.807, 2.05) is 11.9 Å². The smallest absolute Gasteiger partial charge is 0.193 e. The van der Waals surface area contributed by atoms with Crippen molar-refractivity contribution in [2.75, 3.05) is 27.2 Å². The molecule has 1 heterocycles. The molecule has 116 valence electrons. The summed E-state index contributed by atoms with van der Waals surface area (Å²) in [5.41, 5.74) is 0.474. The van der Waals surface area contributed by atoms with E-state index in [-0.39, 0.29) is 11.9 Å². The second-order valence-electron chi connectivity index (χ2n) is 5.12. The van der Waals surface area contributed by atoms with Gasteiger partial charge in [0.15, 0.2) is 5.96 Å². The number of guanidine groups is 1. The van der Waals surface area contributed by atoms with E-state index in [0.29, 0.717) is 29.6 Å². The van der Waals surface area contributed by atoms with Crippen LogP contribution >= 0.6 is 11.6 Å². The molecule has 1 aliphatic heterocycles. The van der Waals surface area contributed by atoms with Gasteiger partial charge in [0.05, 0.1) is 6.10 Å². The van der Waals surface area contributed by atoms with Gasteiger partial charge in [0.1, 0.15) is 5.82 Å². The number of halogens is 2. The Kier molecular flexibility index (Phi) is 5.82. The highest BCUT2D eigenvalue weighted by molar-refractivity contribution is 6.31. The molecule has 1 atom stereocenters. The normalized spacial score (nSPS) is 18.9. The third-order valence-electron chi connectivity index (χ3n) is 3.54. The summed E-state index contributed by atoms with van der Waals surface area (Å²) in [6, 6.07) is 4.71. The quantitative estimate of drug-likeness (QED) is 0.686. The number of aliphatic imine (C=N–C) groups is 1. The van der Waals surface area contributed by atoms with Gasteiger partial charge < -0.3 is 15.0 Å². The van der Waals surface area contributed by atoms with Crippen LogP contribution in [0.15, 0.2) is 23.2 Å². The average molecular weight is 314 g/mol. The van der Waals surface area contributed by atoms with Crippen molar-refractivity contribution in [3.8, 4) is 0 Å². The van der Waals surface area contributed by atoms with Crippen molar-refractivity contribution in [3.05, 3.63) is 34.6 Å². The zero-order chi connectivity index (χ0) is 15.2. The molecule has 0 bridgehead atoms. The van der Waals surface area contributed by atoms with Gasteiger partial charge >= 0.3 is 0 Å². The minimum atomic E-state index is -0.302. The number of benzene rings is 1. The summed E-state index contributed by atoms with van der Waals surface area (Å²) in [6.45, 7) is 1.89. The molecule has 1 saturated heterocycles. The van der Waals surface area contributed by atoms with Crippen molar-refractivity contribution in [1.29, 1.82) is 0 Å². The topological polar surface area (TPSA) is 36.9 Å². The van der Waals surface area contributed by atoms with Crippen LogP contribution in [0.3, 0.4) is 0 Å². The maximum Gasteiger partial charge on any atom is 0.193 e. The largest absolute Gasteiger partial charge is 0.376 e. The van der Waals surface area contributed by atoms with Crippen molar-refractivity contribution < 1.29 is 9.13 Å². The van der Waals surface area contributed by atoms with E-state index < -0.39 is 0 Å². The Morgan fingerprint density at radius 2 is 2.38 bits per heavy atom. The van der Waals surface area contributed by atoms with Crippen LogP contribution in [-0.2, 0) is 11.3 Å². The predicted octanol–water partition coefficient (Wildman–Crippen LogP) is 2.67. The molecule has 0 spiro atoms. The van der Waals surface area contributed by atoms with E-state index in [2.05, 4.69) is 10.3 Å². The minimum Gasteiger partial charge on any atom is -0.376 e. The Balaban J connectivity index is 1.95. The molecule has 1 unspecified atom stereocenters. The minimum absolute atomic E-state index is 0.229. The van der Waals surface area contributed by atoms with Crippen molar-refractivity contribution in [2.45, 2.75) is 25.5 Å². The molecule has 0 saturated carbocycles. The van der Waals surface area contributed by atoms with Crippen LogP contribution < -0.4 is 5.32 Å². The monoisotopic (exact) mass is 313 g/mol. The first kappa shape index (κ1) is 16.0. The van der Waals surface area contributed by atoms with Gasteiger partial charge in [-0.05, 0) is 25.0 Å². The molecule has 1 fully saturated rings. The fourth-order valence-electron chi connectivity index (χ4n) is 2.39. The lowest BCUT2D eigenvalue weighted by Crippen LogP contribution is -2.41. The molecule has 0 aliphatic carbocycles. The number of hydrogen-bond donors (Lipinski definition) is 1. The number of nitrogens with one attached hydrogen (secondary N) is 1. The summed E-state index contributed by atoms with van der Waals surface area (Å²) in [5, 5.41) is 3.68. The highest BCUT2D eigenvalue weighted by atomic mass is 35.5. The van der Waals surface area contributed by atoms with Crippen LogP contribution in [0, 0.1) is 5.82 Å². The molecule has 0 radical (unpaired) electrons. The zero-order valence-corrected chi connectivity index (χ0v) is 13.2. The number of ether oxygens (including phenoxy) is 1. The Labute approximate surface area is 129 Å². The van der Waals surface area contributed by atoms with E-state index in [1.165, 1.54) is 6.07 Å². The van der Waals surface area contributed by atoms with E-state index >= 15 is 0 Å². The highest BCUT2D eigenvalue weighted by Gasteiger charge is 2.17. The molecule has 4 nitrogen and oxygen atoms in total. The summed E-state index contributed by atoms with van der Waals surface area (Å²) in [6.07, 6.45) is 2.39. The fourth-order valence-corrected chi connectivity index (χ4v) is 2.61. The zero-order valence-electron chi connectivity index (χ0n) is 12.4. The number of nitrogens with zero attached hydrogens (tertiary/aromatic N) is 2. The summed E-state index contributed by atoms with van der Waals surface area (Å²) in [7, 11) is 3.56. The van der Waals surface area contributed by atoms with Crippen LogP contribution in [-0.4, -0.2) is 44.2 Å². The molecule has 1 aliphatic rings. The lowest BCUT2D eigenvalue weighted by atomic mass is 10.2. The van der Waals surface area contributed by atoms with E-state index in [1.54, 1.807) is 19.2 Å². The third kappa shape index (κ3) is 4.32. The summed E-state index contributed by atoms with van der Waals surface area (Å²) in [5.74, 6) is 0.397. The average Bonchev–Trinajstić information content (AvgIpc) is 2.97. The van der Waals surface area contributed by atoms with Gasteiger partial charge in [0, 0.05) is 44.4 Å². The van der Waals surface area contributed by atoms with E-state index in [0.717, 1.165) is 19.4 Å². The Bertz CT molecular complexity index is 483. The van der Waals surface area contributed by atoms with Gasteiger partial charge in [0.2, 0.25) is 0 Å². The molecule has 21 heavy (non-hydrogen) atoms. The van der Waals surface area contributed by atoms with Gasteiger partial charge in [0.25, 0.3) is 0 Å². The highest BCUT2D eigenvalue weighted by Crippen LogP contribution is 2.20. The first-order valence-electron chi connectivity index (χ1n) is 7.08. The molecular formula is C15H21ClFN3O. The Morgan fingerprint density at radius 1 is 1.57 bits per heavy atom. The summed E-state index contributed by atoms with van der Waals surface area (Å²) < 4.78 is 19.4. The number of hydrogen-bond acceptors (Lipinski definition) is 2. The fraction of sp³-hybridized carbons (Fsp3) is 0.533. The SMILES string of the molecule is CN=C(NCC1CCCO1)N(C)Cc1c(F)cccc1Cl. The second-order valence-corrected chi connectivity index (χ2v) is 5.53. The van der Waals surface area contributed by atoms with Crippen LogP contribution in [0.5, 0.6) is 0 Å². The van der Waals surface area contributed by atoms with Gasteiger partial charge in [-0.2, -0.15) is 0 Å². The molecule has 1 aromatic rings. The van der Waals surface area contributed by atoms with Gasteiger partial charge in [-0.1, -0.05) is 17.7 Å². The Hall–Kier alpha value is -1.33. The molecule has 0 amide bonds. The first-order valence-corrected chi connectivity index (χ1v) is 7.46. The lowest BCUT2D eigenvalue weighted by Gasteiger charge is -2.24. The molecule has 1 aromatic carbocycles. The second kappa shape index (κ2) is 7.61. The lowest BCUT2D eigenvalue weighted by molar-refractivity contribution is 0.113. The standard InChI is InChI=1S/C15H21ClFN3O/c1-18-15(19-9-11-5-4-8-21-11)20(2)10-12-13(16)6-3-7-14(12)17/h3,6-7,11H,4-5,8-10H2,1-2H3,(H,18,19).